The maximum absolute atomic E-state index is 13.4. The molecule has 2 atom stereocenters. The van der Waals surface area contributed by atoms with Crippen LogP contribution in [0.2, 0.25) is 0 Å². The van der Waals surface area contributed by atoms with Crippen molar-refractivity contribution < 1.29 is 9.59 Å². The van der Waals surface area contributed by atoms with Gasteiger partial charge in [-0.25, -0.2) is 0 Å². The molecule has 2 heterocycles. The van der Waals surface area contributed by atoms with Gasteiger partial charge in [0.1, 0.15) is 0 Å². The molecular formula is C26H39N3O2. The number of benzene rings is 1. The fourth-order valence-electron chi connectivity index (χ4n) is 5.60. The van der Waals surface area contributed by atoms with E-state index in [0.717, 1.165) is 49.5 Å². The van der Waals surface area contributed by atoms with E-state index in [1.807, 2.05) is 24.0 Å². The monoisotopic (exact) mass is 425 g/mol. The van der Waals surface area contributed by atoms with Gasteiger partial charge in [0.2, 0.25) is 11.8 Å². The summed E-state index contributed by atoms with van der Waals surface area (Å²) in [5.74, 6) is 1.20. The van der Waals surface area contributed by atoms with Gasteiger partial charge in [0.25, 0.3) is 0 Å². The van der Waals surface area contributed by atoms with Crippen LogP contribution >= 0.6 is 0 Å². The smallest absolute Gasteiger partial charge is 0.226 e. The molecule has 0 radical (unpaired) electrons. The first-order chi connectivity index (χ1) is 15.1. The molecule has 3 aliphatic rings. The normalized spacial score (nSPS) is 25.4. The van der Waals surface area contributed by atoms with Gasteiger partial charge in [0, 0.05) is 50.2 Å². The number of fused-ring (bicyclic) bond motifs is 3. The number of hydrogen-bond donors (Lipinski definition) is 0. The Morgan fingerprint density at radius 1 is 0.968 bits per heavy atom. The number of hydrogen-bond acceptors (Lipinski definition) is 3. The minimum atomic E-state index is 0.171. The van der Waals surface area contributed by atoms with Crippen molar-refractivity contribution in [3.8, 4) is 0 Å². The van der Waals surface area contributed by atoms with Gasteiger partial charge in [-0.2, -0.15) is 0 Å². The Bertz CT molecular complexity index is 776. The first kappa shape index (κ1) is 22.3. The standard InChI is InChI=1S/C26H39N3O2/c1-3-25(30)29-17-16-22-11-7-12-23(27(22)2)19-28(18-21-10-4-5-13-24(21)29)26(31)15-14-20-8-6-9-20/h4-5,10,13,20,22-23H,3,6-9,11-12,14-19H2,1-2H3. The minimum absolute atomic E-state index is 0.171. The van der Waals surface area contributed by atoms with E-state index in [9.17, 15) is 9.59 Å². The van der Waals surface area contributed by atoms with E-state index in [1.165, 1.54) is 32.1 Å². The third kappa shape index (κ3) is 5.14. The Morgan fingerprint density at radius 3 is 2.45 bits per heavy atom. The summed E-state index contributed by atoms with van der Waals surface area (Å²) in [5, 5.41) is 0. The zero-order valence-electron chi connectivity index (χ0n) is 19.4. The van der Waals surface area contributed by atoms with Crippen LogP contribution < -0.4 is 4.90 Å². The van der Waals surface area contributed by atoms with Crippen LogP contribution in [0.25, 0.3) is 0 Å². The lowest BCUT2D eigenvalue weighted by molar-refractivity contribution is -0.133. The summed E-state index contributed by atoms with van der Waals surface area (Å²) in [6.07, 6.45) is 10.6. The number of rotatable bonds is 4. The largest absolute Gasteiger partial charge is 0.337 e. The first-order valence-electron chi connectivity index (χ1n) is 12.4. The van der Waals surface area contributed by atoms with Crippen molar-refractivity contribution in [1.29, 1.82) is 0 Å². The van der Waals surface area contributed by atoms with Gasteiger partial charge in [-0.1, -0.05) is 50.8 Å². The van der Waals surface area contributed by atoms with E-state index >= 15 is 0 Å². The molecule has 2 unspecified atom stereocenters. The summed E-state index contributed by atoms with van der Waals surface area (Å²) in [6.45, 7) is 4.09. The number of amides is 2. The highest BCUT2D eigenvalue weighted by molar-refractivity contribution is 5.94. The summed E-state index contributed by atoms with van der Waals surface area (Å²) >= 11 is 0. The lowest BCUT2D eigenvalue weighted by Gasteiger charge is -2.42. The molecule has 5 heteroatoms. The highest BCUT2D eigenvalue weighted by Crippen LogP contribution is 2.32. The van der Waals surface area contributed by atoms with Crippen molar-refractivity contribution in [2.75, 3.05) is 25.0 Å². The van der Waals surface area contributed by atoms with Gasteiger partial charge in [-0.3, -0.25) is 14.5 Å². The molecule has 0 spiro atoms. The molecule has 2 fully saturated rings. The summed E-state index contributed by atoms with van der Waals surface area (Å²) in [4.78, 5) is 32.8. The van der Waals surface area contributed by atoms with Gasteiger partial charge < -0.3 is 9.80 Å². The van der Waals surface area contributed by atoms with Gasteiger partial charge in [0.05, 0.1) is 0 Å². The lowest BCUT2D eigenvalue weighted by atomic mass is 9.82. The van der Waals surface area contributed by atoms with Crippen LogP contribution in [0.1, 0.15) is 76.7 Å². The van der Waals surface area contributed by atoms with Gasteiger partial charge in [0.15, 0.2) is 0 Å². The van der Waals surface area contributed by atoms with Crippen LogP contribution in [0.4, 0.5) is 5.69 Å². The molecule has 1 aliphatic carbocycles. The molecule has 1 saturated heterocycles. The third-order valence-corrected chi connectivity index (χ3v) is 7.93. The second-order valence-electron chi connectivity index (χ2n) is 9.83. The quantitative estimate of drug-likeness (QED) is 0.708. The highest BCUT2D eigenvalue weighted by atomic mass is 16.2. The molecule has 31 heavy (non-hydrogen) atoms. The van der Waals surface area contributed by atoms with Crippen molar-refractivity contribution in [2.24, 2.45) is 5.92 Å². The predicted octanol–water partition coefficient (Wildman–Crippen LogP) is 4.60. The summed E-state index contributed by atoms with van der Waals surface area (Å²) < 4.78 is 0. The lowest BCUT2D eigenvalue weighted by Crippen LogP contribution is -2.50. The molecule has 2 amide bonds. The fraction of sp³-hybridized carbons (Fsp3) is 0.692. The molecular weight excluding hydrogens is 386 g/mol. The van der Waals surface area contributed by atoms with Gasteiger partial charge in [-0.05, 0) is 50.3 Å². The van der Waals surface area contributed by atoms with Crippen LogP contribution in [0, 0.1) is 5.92 Å². The van der Waals surface area contributed by atoms with E-state index < -0.39 is 0 Å². The second kappa shape index (κ2) is 10.2. The van der Waals surface area contributed by atoms with Crippen LogP contribution in [-0.4, -0.2) is 53.8 Å². The number of likely N-dealkylation sites (N-methyl/N-ethyl adjacent to an activating group) is 1. The SMILES string of the molecule is CCC(=O)N1CCC2CCCC(CN(C(=O)CCC3CCC3)Cc3ccccc31)N2C. The highest BCUT2D eigenvalue weighted by Gasteiger charge is 2.32. The van der Waals surface area contributed by atoms with Crippen LogP contribution in [0.5, 0.6) is 0 Å². The van der Waals surface area contributed by atoms with E-state index in [0.29, 0.717) is 31.5 Å². The Morgan fingerprint density at radius 2 is 1.71 bits per heavy atom. The molecule has 0 aromatic heterocycles. The summed E-state index contributed by atoms with van der Waals surface area (Å²) in [7, 11) is 2.22. The predicted molar refractivity (Wildman–Crippen MR) is 125 cm³/mol. The Labute approximate surface area is 187 Å². The van der Waals surface area contributed by atoms with E-state index in [2.05, 4.69) is 29.0 Å². The Balaban J connectivity index is 1.63. The summed E-state index contributed by atoms with van der Waals surface area (Å²) in [5.41, 5.74) is 2.09. The van der Waals surface area contributed by atoms with Gasteiger partial charge >= 0.3 is 0 Å². The molecule has 0 N–H and O–H groups in total. The number of anilines is 1. The molecule has 5 nitrogen and oxygen atoms in total. The van der Waals surface area contributed by atoms with Crippen molar-refractivity contribution >= 4 is 17.5 Å². The van der Waals surface area contributed by atoms with E-state index in [-0.39, 0.29) is 11.8 Å². The molecule has 1 aromatic rings. The van der Waals surface area contributed by atoms with E-state index in [1.54, 1.807) is 0 Å². The van der Waals surface area contributed by atoms with Crippen molar-refractivity contribution in [3.05, 3.63) is 29.8 Å². The third-order valence-electron chi connectivity index (χ3n) is 7.93. The Kier molecular flexibility index (Phi) is 7.31. The molecule has 2 aliphatic heterocycles. The van der Waals surface area contributed by atoms with E-state index in [4.69, 9.17) is 0 Å². The maximum atomic E-state index is 13.4. The summed E-state index contributed by atoms with van der Waals surface area (Å²) in [6, 6.07) is 9.10. The Hall–Kier alpha value is -1.88. The van der Waals surface area contributed by atoms with Crippen LogP contribution in [-0.2, 0) is 16.1 Å². The zero-order chi connectivity index (χ0) is 21.8. The molecule has 170 valence electrons. The van der Waals surface area contributed by atoms with Crippen molar-refractivity contribution in [2.45, 2.75) is 89.8 Å². The van der Waals surface area contributed by atoms with Crippen molar-refractivity contribution in [1.82, 2.24) is 9.80 Å². The average Bonchev–Trinajstić information content (AvgIpc) is 2.75. The average molecular weight is 426 g/mol. The van der Waals surface area contributed by atoms with Crippen LogP contribution in [0.3, 0.4) is 0 Å². The minimum Gasteiger partial charge on any atom is -0.337 e. The molecule has 1 aromatic carbocycles. The van der Waals surface area contributed by atoms with Gasteiger partial charge in [-0.15, -0.1) is 0 Å². The topological polar surface area (TPSA) is 43.9 Å². The molecule has 2 bridgehead atoms. The number of nitrogens with zero attached hydrogens (tertiary/aromatic N) is 3. The fourth-order valence-corrected chi connectivity index (χ4v) is 5.60. The van der Waals surface area contributed by atoms with Crippen molar-refractivity contribution in [3.63, 3.8) is 0 Å². The first-order valence-corrected chi connectivity index (χ1v) is 12.4. The molecule has 4 rings (SSSR count). The van der Waals surface area contributed by atoms with Crippen LogP contribution in [0.15, 0.2) is 24.3 Å². The molecule has 1 saturated carbocycles. The number of carbonyl (C=O) groups excluding carboxylic acids is 2. The number of piperidine rings is 1. The second-order valence-corrected chi connectivity index (χ2v) is 9.83. The zero-order valence-corrected chi connectivity index (χ0v) is 19.4. The number of carbonyl (C=O) groups is 2. The number of para-hydroxylation sites is 1. The maximum Gasteiger partial charge on any atom is 0.226 e.